The monoisotopic (exact) mass is 187 g/mol. The number of aromatic nitrogens is 3. The van der Waals surface area contributed by atoms with Crippen LogP contribution in [-0.2, 0) is 0 Å². The highest BCUT2D eigenvalue weighted by Gasteiger charge is 1.98. The summed E-state index contributed by atoms with van der Waals surface area (Å²) in [7, 11) is 0. The molecule has 4 nitrogen and oxygen atoms in total. The molecular weight excluding hydrogens is 178 g/mol. The summed E-state index contributed by atoms with van der Waals surface area (Å²) in [5.41, 5.74) is 0.825. The first kappa shape index (κ1) is 8.62. The van der Waals surface area contributed by atoms with Crippen LogP contribution in [0.4, 0.5) is 0 Å². The molecule has 0 fully saturated rings. The maximum atomic E-state index is 5.42. The number of hydrogen-bond donors (Lipinski definition) is 0. The van der Waals surface area contributed by atoms with E-state index in [0.29, 0.717) is 11.6 Å². The van der Waals surface area contributed by atoms with Crippen LogP contribution in [0.1, 0.15) is 5.69 Å². The zero-order valence-electron chi connectivity index (χ0n) is 7.71. The Morgan fingerprint density at radius 3 is 2.79 bits per heavy atom. The van der Waals surface area contributed by atoms with Crippen molar-refractivity contribution in [3.8, 4) is 11.6 Å². The highest BCUT2D eigenvalue weighted by molar-refractivity contribution is 5.21. The number of ether oxygens (including phenoxy) is 1. The Labute approximate surface area is 81.6 Å². The fraction of sp³-hybridized carbons (Fsp3) is 0.100. The molecule has 0 saturated carbocycles. The SMILES string of the molecule is Cc1cncc(Oc2cccnc2)n1. The quantitative estimate of drug-likeness (QED) is 0.721. The first-order valence-corrected chi connectivity index (χ1v) is 4.21. The Morgan fingerprint density at radius 2 is 2.07 bits per heavy atom. The van der Waals surface area contributed by atoms with Crippen LogP contribution in [-0.4, -0.2) is 15.0 Å². The van der Waals surface area contributed by atoms with Gasteiger partial charge in [-0.05, 0) is 19.1 Å². The molecule has 70 valence electrons. The van der Waals surface area contributed by atoms with Crippen LogP contribution in [0.3, 0.4) is 0 Å². The van der Waals surface area contributed by atoms with Crippen molar-refractivity contribution >= 4 is 0 Å². The normalized spacial score (nSPS) is 9.79. The highest BCUT2D eigenvalue weighted by atomic mass is 16.5. The average Bonchev–Trinajstić information content (AvgIpc) is 2.19. The second kappa shape index (κ2) is 3.83. The Kier molecular flexibility index (Phi) is 2.36. The van der Waals surface area contributed by atoms with Gasteiger partial charge >= 0.3 is 0 Å². The number of nitrogens with zero attached hydrogens (tertiary/aromatic N) is 3. The standard InChI is InChI=1S/C10H9N3O/c1-8-5-12-7-10(13-8)14-9-3-2-4-11-6-9/h2-7H,1H3. The summed E-state index contributed by atoms with van der Waals surface area (Å²) in [5, 5.41) is 0. The first-order chi connectivity index (χ1) is 6.84. The Bertz CT molecular complexity index is 417. The van der Waals surface area contributed by atoms with Crippen molar-refractivity contribution in [3.05, 3.63) is 42.6 Å². The number of rotatable bonds is 2. The van der Waals surface area contributed by atoms with Gasteiger partial charge in [-0.3, -0.25) is 9.97 Å². The lowest BCUT2D eigenvalue weighted by Crippen LogP contribution is -1.91. The molecule has 0 spiro atoms. The fourth-order valence-electron chi connectivity index (χ4n) is 1.02. The maximum Gasteiger partial charge on any atom is 0.238 e. The van der Waals surface area contributed by atoms with E-state index < -0.39 is 0 Å². The molecule has 0 bridgehead atoms. The molecule has 0 amide bonds. The van der Waals surface area contributed by atoms with Crippen LogP contribution < -0.4 is 4.74 Å². The van der Waals surface area contributed by atoms with E-state index in [1.54, 1.807) is 30.9 Å². The maximum absolute atomic E-state index is 5.42. The molecule has 0 atom stereocenters. The molecule has 14 heavy (non-hydrogen) atoms. The smallest absolute Gasteiger partial charge is 0.238 e. The zero-order valence-corrected chi connectivity index (χ0v) is 7.71. The van der Waals surface area contributed by atoms with Gasteiger partial charge in [-0.25, -0.2) is 4.98 Å². The van der Waals surface area contributed by atoms with E-state index in [4.69, 9.17) is 4.74 Å². The Hall–Kier alpha value is -1.97. The zero-order chi connectivity index (χ0) is 9.80. The number of aryl methyl sites for hydroxylation is 1. The topological polar surface area (TPSA) is 47.9 Å². The van der Waals surface area contributed by atoms with Gasteiger partial charge < -0.3 is 4.74 Å². The summed E-state index contributed by atoms with van der Waals surface area (Å²) < 4.78 is 5.42. The summed E-state index contributed by atoms with van der Waals surface area (Å²) in [4.78, 5) is 12.1. The third-order valence-corrected chi connectivity index (χ3v) is 1.59. The van der Waals surface area contributed by atoms with Gasteiger partial charge in [-0.2, -0.15) is 0 Å². The van der Waals surface area contributed by atoms with E-state index >= 15 is 0 Å². The van der Waals surface area contributed by atoms with Crippen molar-refractivity contribution in [3.63, 3.8) is 0 Å². The highest BCUT2D eigenvalue weighted by Crippen LogP contribution is 2.16. The molecule has 0 aromatic carbocycles. The lowest BCUT2D eigenvalue weighted by Gasteiger charge is -2.02. The van der Waals surface area contributed by atoms with Gasteiger partial charge in [0.15, 0.2) is 0 Å². The molecule has 0 N–H and O–H groups in total. The minimum Gasteiger partial charge on any atom is -0.436 e. The second-order valence-electron chi connectivity index (χ2n) is 2.79. The molecule has 0 aliphatic heterocycles. The van der Waals surface area contributed by atoms with Crippen LogP contribution >= 0.6 is 0 Å². The van der Waals surface area contributed by atoms with E-state index in [0.717, 1.165) is 5.69 Å². The average molecular weight is 187 g/mol. The van der Waals surface area contributed by atoms with Gasteiger partial charge in [0, 0.05) is 12.4 Å². The summed E-state index contributed by atoms with van der Waals surface area (Å²) in [6.07, 6.45) is 6.56. The molecule has 2 aromatic rings. The molecule has 2 rings (SSSR count). The van der Waals surface area contributed by atoms with E-state index in [-0.39, 0.29) is 0 Å². The van der Waals surface area contributed by atoms with Crippen LogP contribution in [0.15, 0.2) is 36.9 Å². The lowest BCUT2D eigenvalue weighted by atomic mass is 10.5. The van der Waals surface area contributed by atoms with E-state index in [1.165, 1.54) is 0 Å². The largest absolute Gasteiger partial charge is 0.436 e. The molecular formula is C10H9N3O. The van der Waals surface area contributed by atoms with Crippen molar-refractivity contribution < 1.29 is 4.74 Å². The molecule has 0 radical (unpaired) electrons. The molecule has 0 aliphatic rings. The third kappa shape index (κ3) is 2.04. The van der Waals surface area contributed by atoms with Gasteiger partial charge in [-0.1, -0.05) is 0 Å². The van der Waals surface area contributed by atoms with E-state index in [1.807, 2.05) is 13.0 Å². The summed E-state index contributed by atoms with van der Waals surface area (Å²) >= 11 is 0. The van der Waals surface area contributed by atoms with Gasteiger partial charge in [-0.15, -0.1) is 0 Å². The van der Waals surface area contributed by atoms with E-state index in [9.17, 15) is 0 Å². The van der Waals surface area contributed by atoms with Crippen molar-refractivity contribution in [2.45, 2.75) is 6.92 Å². The Morgan fingerprint density at radius 1 is 1.14 bits per heavy atom. The van der Waals surface area contributed by atoms with E-state index in [2.05, 4.69) is 15.0 Å². The summed E-state index contributed by atoms with van der Waals surface area (Å²) in [6, 6.07) is 3.62. The van der Waals surface area contributed by atoms with Crippen molar-refractivity contribution in [2.75, 3.05) is 0 Å². The van der Waals surface area contributed by atoms with Gasteiger partial charge in [0.2, 0.25) is 5.88 Å². The molecule has 2 heterocycles. The van der Waals surface area contributed by atoms with Gasteiger partial charge in [0.05, 0.1) is 18.1 Å². The van der Waals surface area contributed by atoms with Crippen LogP contribution in [0, 0.1) is 6.92 Å². The first-order valence-electron chi connectivity index (χ1n) is 4.21. The van der Waals surface area contributed by atoms with Crippen molar-refractivity contribution in [2.24, 2.45) is 0 Å². The van der Waals surface area contributed by atoms with Crippen molar-refractivity contribution in [1.82, 2.24) is 15.0 Å². The molecule has 2 aromatic heterocycles. The van der Waals surface area contributed by atoms with Crippen LogP contribution in [0.2, 0.25) is 0 Å². The van der Waals surface area contributed by atoms with Gasteiger partial charge in [0.1, 0.15) is 5.75 Å². The number of hydrogen-bond acceptors (Lipinski definition) is 4. The fourth-order valence-corrected chi connectivity index (χ4v) is 1.02. The van der Waals surface area contributed by atoms with Gasteiger partial charge in [0.25, 0.3) is 0 Å². The molecule has 0 saturated heterocycles. The Balaban J connectivity index is 2.19. The molecule has 0 unspecified atom stereocenters. The summed E-state index contributed by atoms with van der Waals surface area (Å²) in [6.45, 7) is 1.86. The molecule has 0 aliphatic carbocycles. The predicted molar refractivity (Wildman–Crippen MR) is 51.1 cm³/mol. The summed E-state index contributed by atoms with van der Waals surface area (Å²) in [5.74, 6) is 1.14. The van der Waals surface area contributed by atoms with Crippen molar-refractivity contribution in [1.29, 1.82) is 0 Å². The minimum atomic E-state index is 0.484. The molecule has 4 heteroatoms. The predicted octanol–water partition coefficient (Wildman–Crippen LogP) is 1.97. The minimum absolute atomic E-state index is 0.484. The lowest BCUT2D eigenvalue weighted by molar-refractivity contribution is 0.456. The third-order valence-electron chi connectivity index (χ3n) is 1.59. The second-order valence-corrected chi connectivity index (χ2v) is 2.79. The van der Waals surface area contributed by atoms with Crippen LogP contribution in [0.25, 0.3) is 0 Å². The van der Waals surface area contributed by atoms with Crippen LogP contribution in [0.5, 0.6) is 11.6 Å². The number of pyridine rings is 1.